The molecule has 4 heteroatoms. The maximum atomic E-state index is 4.32. The molecule has 4 nitrogen and oxygen atoms in total. The molecular formula is C30H22N4. The molecule has 0 aliphatic rings. The molecule has 4 aromatic heterocycles. The molecular weight excluding hydrogens is 416 g/mol. The topological polar surface area (TPSA) is 46.5 Å². The number of nitrogens with one attached hydrogen (secondary N) is 1. The Bertz CT molecular complexity index is 1890. The molecule has 0 saturated carbocycles. The molecule has 34 heavy (non-hydrogen) atoms. The normalized spacial score (nSPS) is 11.8. The molecule has 3 aromatic carbocycles. The number of fused-ring (bicyclic) bond motifs is 6. The van der Waals surface area contributed by atoms with Crippen LogP contribution in [0.4, 0.5) is 0 Å². The van der Waals surface area contributed by atoms with Gasteiger partial charge in [0.25, 0.3) is 0 Å². The number of benzene rings is 3. The number of H-pyrrole nitrogens is 1. The van der Waals surface area contributed by atoms with Crippen LogP contribution in [-0.2, 0) is 7.05 Å². The van der Waals surface area contributed by atoms with Gasteiger partial charge in [0.05, 0.1) is 23.4 Å². The van der Waals surface area contributed by atoms with Crippen LogP contribution >= 0.6 is 0 Å². The van der Waals surface area contributed by atoms with Gasteiger partial charge in [-0.3, -0.25) is 9.97 Å². The Morgan fingerprint density at radius 1 is 0.588 bits per heavy atom. The average molecular weight is 439 g/mol. The summed E-state index contributed by atoms with van der Waals surface area (Å²) in [6.07, 6.45) is 7.55. The van der Waals surface area contributed by atoms with Crippen LogP contribution in [0.1, 0.15) is 5.56 Å². The first-order valence-corrected chi connectivity index (χ1v) is 11.5. The van der Waals surface area contributed by atoms with Crippen LogP contribution in [0.15, 0.2) is 91.5 Å². The van der Waals surface area contributed by atoms with Gasteiger partial charge in [-0.1, -0.05) is 24.3 Å². The second-order valence-corrected chi connectivity index (χ2v) is 9.08. The predicted octanol–water partition coefficient (Wildman–Crippen LogP) is 7.40. The van der Waals surface area contributed by atoms with Gasteiger partial charge in [-0.05, 0) is 77.2 Å². The van der Waals surface area contributed by atoms with Gasteiger partial charge in [0.1, 0.15) is 0 Å². The molecule has 0 saturated heterocycles. The van der Waals surface area contributed by atoms with Crippen LogP contribution in [0.25, 0.3) is 65.9 Å². The molecule has 0 spiro atoms. The number of aryl methyl sites for hydroxylation is 2. The highest BCUT2D eigenvalue weighted by Crippen LogP contribution is 2.35. The van der Waals surface area contributed by atoms with Gasteiger partial charge in [0.15, 0.2) is 0 Å². The lowest BCUT2D eigenvalue weighted by molar-refractivity contribution is 1.01. The second kappa shape index (κ2) is 7.03. The van der Waals surface area contributed by atoms with Gasteiger partial charge in [0.2, 0.25) is 0 Å². The van der Waals surface area contributed by atoms with Crippen LogP contribution in [0.3, 0.4) is 0 Å². The fourth-order valence-electron chi connectivity index (χ4n) is 5.28. The van der Waals surface area contributed by atoms with Crippen LogP contribution in [0, 0.1) is 6.92 Å². The van der Waals surface area contributed by atoms with E-state index >= 15 is 0 Å². The molecule has 0 radical (unpaired) electrons. The molecule has 0 fully saturated rings. The first kappa shape index (κ1) is 19.1. The fourth-order valence-corrected chi connectivity index (χ4v) is 5.28. The van der Waals surface area contributed by atoms with Crippen molar-refractivity contribution in [1.82, 2.24) is 19.5 Å². The Morgan fingerprint density at radius 3 is 2.12 bits per heavy atom. The summed E-state index contributed by atoms with van der Waals surface area (Å²) in [6, 6.07) is 24.4. The molecule has 7 aromatic rings. The van der Waals surface area contributed by atoms with Crippen molar-refractivity contribution in [3.8, 4) is 22.3 Å². The van der Waals surface area contributed by atoms with Gasteiger partial charge >= 0.3 is 0 Å². The van der Waals surface area contributed by atoms with Crippen LogP contribution < -0.4 is 0 Å². The van der Waals surface area contributed by atoms with Gasteiger partial charge in [-0.15, -0.1) is 0 Å². The van der Waals surface area contributed by atoms with Crippen molar-refractivity contribution < 1.29 is 0 Å². The fraction of sp³-hybridized carbons (Fsp3) is 0.0667. The highest BCUT2D eigenvalue weighted by molar-refractivity contribution is 6.09. The average Bonchev–Trinajstić information content (AvgIpc) is 3.38. The SMILES string of the molecule is Cc1cc(-c2ccc3[nH]c4cnccc4c3c2)cc(-c2ccc3c(c2)c2ccncc2n3C)c1. The summed E-state index contributed by atoms with van der Waals surface area (Å²) in [5.74, 6) is 0. The molecule has 162 valence electrons. The summed E-state index contributed by atoms with van der Waals surface area (Å²) >= 11 is 0. The third-order valence-corrected chi connectivity index (χ3v) is 6.95. The van der Waals surface area contributed by atoms with Crippen molar-refractivity contribution in [2.45, 2.75) is 6.92 Å². The zero-order valence-electron chi connectivity index (χ0n) is 19.0. The second-order valence-electron chi connectivity index (χ2n) is 9.08. The molecule has 0 amide bonds. The molecule has 0 bridgehead atoms. The zero-order valence-corrected chi connectivity index (χ0v) is 19.0. The van der Waals surface area contributed by atoms with E-state index in [1.54, 1.807) is 0 Å². The number of aromatic amines is 1. The van der Waals surface area contributed by atoms with Gasteiger partial charge in [0, 0.05) is 52.0 Å². The van der Waals surface area contributed by atoms with E-state index in [0.29, 0.717) is 0 Å². The van der Waals surface area contributed by atoms with Crippen molar-refractivity contribution >= 4 is 43.6 Å². The number of aromatic nitrogens is 4. The van der Waals surface area contributed by atoms with Crippen molar-refractivity contribution in [3.05, 3.63) is 97.1 Å². The minimum atomic E-state index is 1.07. The summed E-state index contributed by atoms with van der Waals surface area (Å²) in [5.41, 5.74) is 10.7. The number of hydrogen-bond donors (Lipinski definition) is 1. The maximum Gasteiger partial charge on any atom is 0.0675 e. The monoisotopic (exact) mass is 438 g/mol. The molecule has 0 unspecified atom stereocenters. The minimum Gasteiger partial charge on any atom is -0.353 e. The van der Waals surface area contributed by atoms with Crippen molar-refractivity contribution in [2.24, 2.45) is 7.05 Å². The highest BCUT2D eigenvalue weighted by atomic mass is 14.9. The summed E-state index contributed by atoms with van der Waals surface area (Å²) in [6.45, 7) is 2.17. The molecule has 1 N–H and O–H groups in total. The van der Waals surface area contributed by atoms with Gasteiger partial charge in [-0.2, -0.15) is 0 Å². The third-order valence-electron chi connectivity index (χ3n) is 6.95. The van der Waals surface area contributed by atoms with Crippen molar-refractivity contribution in [3.63, 3.8) is 0 Å². The Balaban J connectivity index is 1.40. The third kappa shape index (κ3) is 2.78. The lowest BCUT2D eigenvalue weighted by Gasteiger charge is -2.10. The van der Waals surface area contributed by atoms with E-state index in [0.717, 1.165) is 16.6 Å². The lowest BCUT2D eigenvalue weighted by atomic mass is 9.95. The number of pyridine rings is 2. The molecule has 0 aliphatic heterocycles. The van der Waals surface area contributed by atoms with Crippen LogP contribution in [-0.4, -0.2) is 19.5 Å². The Kier molecular flexibility index (Phi) is 3.94. The summed E-state index contributed by atoms with van der Waals surface area (Å²) < 4.78 is 2.22. The number of nitrogens with zero attached hydrogens (tertiary/aromatic N) is 3. The largest absolute Gasteiger partial charge is 0.353 e. The van der Waals surface area contributed by atoms with Crippen LogP contribution in [0.2, 0.25) is 0 Å². The molecule has 0 aliphatic carbocycles. The van der Waals surface area contributed by atoms with E-state index in [4.69, 9.17) is 0 Å². The van der Waals surface area contributed by atoms with Gasteiger partial charge in [-0.25, -0.2) is 0 Å². The number of rotatable bonds is 2. The summed E-state index contributed by atoms with van der Waals surface area (Å²) in [7, 11) is 2.10. The van der Waals surface area contributed by atoms with Crippen LogP contribution in [0.5, 0.6) is 0 Å². The summed E-state index contributed by atoms with van der Waals surface area (Å²) in [4.78, 5) is 12.0. The van der Waals surface area contributed by atoms with Crippen molar-refractivity contribution in [1.29, 1.82) is 0 Å². The Hall–Kier alpha value is -4.44. The van der Waals surface area contributed by atoms with Crippen molar-refractivity contribution in [2.75, 3.05) is 0 Å². The first-order valence-electron chi connectivity index (χ1n) is 11.5. The standard InChI is InChI=1S/C30H22N4/c1-18-11-21(19-3-5-27-25(14-19)23-7-9-31-16-28(23)33-27)13-22(12-18)20-4-6-29-26(15-20)24-8-10-32-17-30(24)34(29)2/h3-17,33H,1-2H3. The highest BCUT2D eigenvalue weighted by Gasteiger charge is 2.11. The molecule has 4 heterocycles. The quantitative estimate of drug-likeness (QED) is 0.306. The van der Waals surface area contributed by atoms with E-state index in [9.17, 15) is 0 Å². The van der Waals surface area contributed by atoms with E-state index < -0.39 is 0 Å². The molecule has 7 rings (SSSR count). The van der Waals surface area contributed by atoms with E-state index in [2.05, 4.69) is 100 Å². The summed E-state index contributed by atoms with van der Waals surface area (Å²) in [5, 5.41) is 4.93. The van der Waals surface area contributed by atoms with E-state index in [-0.39, 0.29) is 0 Å². The van der Waals surface area contributed by atoms with E-state index in [1.807, 2.05) is 24.8 Å². The minimum absolute atomic E-state index is 1.07. The first-order chi connectivity index (χ1) is 16.7. The Morgan fingerprint density at radius 2 is 1.29 bits per heavy atom. The smallest absolute Gasteiger partial charge is 0.0675 e. The lowest BCUT2D eigenvalue weighted by Crippen LogP contribution is -1.87. The van der Waals surface area contributed by atoms with Gasteiger partial charge < -0.3 is 9.55 Å². The predicted molar refractivity (Wildman–Crippen MR) is 141 cm³/mol. The Labute approximate surface area is 196 Å². The van der Waals surface area contributed by atoms with E-state index in [1.165, 1.54) is 54.9 Å². The number of hydrogen-bond acceptors (Lipinski definition) is 2. The maximum absolute atomic E-state index is 4.32. The zero-order chi connectivity index (χ0) is 22.8. The molecule has 0 atom stereocenters.